The second-order valence-corrected chi connectivity index (χ2v) is 5.49. The monoisotopic (exact) mass is 338 g/mol. The van der Waals surface area contributed by atoms with E-state index < -0.39 is 24.3 Å². The molecule has 2 aromatic rings. The van der Waals surface area contributed by atoms with E-state index in [1.165, 1.54) is 6.08 Å². The predicted molar refractivity (Wildman–Crippen MR) is 97.0 cm³/mol. The first-order chi connectivity index (χ1) is 12.1. The normalized spacial score (nSPS) is 15.2. The zero-order chi connectivity index (χ0) is 18.1. The molecule has 2 aromatic carbocycles. The number of aliphatic hydroxyl groups is 2. The molecule has 0 saturated carbocycles. The fraction of sp³-hybridized carbons (Fsp3) is 0.190. The topological polar surface area (TPSA) is 66.8 Å². The van der Waals surface area contributed by atoms with E-state index in [0.29, 0.717) is 11.1 Å². The Bertz CT molecular complexity index is 707. The molecule has 0 amide bonds. The molecular weight excluding hydrogens is 316 g/mol. The lowest BCUT2D eigenvalue weighted by molar-refractivity contribution is -0.0616. The summed E-state index contributed by atoms with van der Waals surface area (Å²) in [5, 5.41) is 21.0. The summed E-state index contributed by atoms with van der Waals surface area (Å²) in [6.07, 6.45) is 3.24. The van der Waals surface area contributed by atoms with E-state index in [1.807, 2.05) is 19.1 Å². The van der Waals surface area contributed by atoms with Gasteiger partial charge >= 0.3 is 5.97 Å². The third-order valence-electron chi connectivity index (χ3n) is 3.65. The molecule has 0 spiro atoms. The summed E-state index contributed by atoms with van der Waals surface area (Å²) in [6.45, 7) is 1.85. The van der Waals surface area contributed by atoms with Crippen LogP contribution in [0.15, 0.2) is 85.0 Å². The molecule has 0 unspecified atom stereocenters. The molecule has 130 valence electrons. The van der Waals surface area contributed by atoms with Crippen molar-refractivity contribution in [3.05, 3.63) is 96.1 Å². The first-order valence-corrected chi connectivity index (χ1v) is 8.10. The van der Waals surface area contributed by atoms with Crippen molar-refractivity contribution in [2.24, 2.45) is 0 Å². The van der Waals surface area contributed by atoms with Crippen LogP contribution in [0.5, 0.6) is 0 Å². The summed E-state index contributed by atoms with van der Waals surface area (Å²) in [6, 6.07) is 17.3. The first-order valence-electron chi connectivity index (χ1n) is 8.10. The lowest BCUT2D eigenvalue weighted by atomic mass is 9.99. The molecule has 0 saturated heterocycles. The molecule has 4 nitrogen and oxygen atoms in total. The highest BCUT2D eigenvalue weighted by molar-refractivity contribution is 5.89. The van der Waals surface area contributed by atoms with Gasteiger partial charge in [-0.1, -0.05) is 72.8 Å². The zero-order valence-electron chi connectivity index (χ0n) is 14.0. The van der Waals surface area contributed by atoms with E-state index in [4.69, 9.17) is 4.74 Å². The van der Waals surface area contributed by atoms with Gasteiger partial charge in [-0.3, -0.25) is 0 Å². The molecule has 0 aliphatic carbocycles. The Morgan fingerprint density at radius 1 is 0.960 bits per heavy atom. The third kappa shape index (κ3) is 5.41. The van der Waals surface area contributed by atoms with Gasteiger partial charge < -0.3 is 14.9 Å². The molecule has 2 rings (SSSR count). The molecular formula is C21H22O4. The summed E-state index contributed by atoms with van der Waals surface area (Å²) in [5.74, 6) is -0.598. The van der Waals surface area contributed by atoms with Crippen LogP contribution in [0.4, 0.5) is 0 Å². The molecule has 25 heavy (non-hydrogen) atoms. The molecule has 0 aromatic heterocycles. The Balaban J connectivity index is 2.23. The third-order valence-corrected chi connectivity index (χ3v) is 3.65. The summed E-state index contributed by atoms with van der Waals surface area (Å²) in [5.41, 5.74) is 0.921. The number of allylic oxidation sites excluding steroid dienone is 3. The second kappa shape index (κ2) is 9.57. The Morgan fingerprint density at radius 2 is 1.56 bits per heavy atom. The first kappa shape index (κ1) is 18.6. The second-order valence-electron chi connectivity index (χ2n) is 5.49. The van der Waals surface area contributed by atoms with Gasteiger partial charge in [0.05, 0.1) is 5.56 Å². The number of esters is 1. The van der Waals surface area contributed by atoms with Crippen LogP contribution in [0.2, 0.25) is 0 Å². The molecule has 0 radical (unpaired) electrons. The van der Waals surface area contributed by atoms with Crippen LogP contribution in [-0.4, -0.2) is 28.4 Å². The van der Waals surface area contributed by atoms with Crippen LogP contribution < -0.4 is 0 Å². The van der Waals surface area contributed by atoms with E-state index in [1.54, 1.807) is 66.7 Å². The van der Waals surface area contributed by atoms with Gasteiger partial charge in [-0.25, -0.2) is 4.79 Å². The van der Waals surface area contributed by atoms with E-state index in [-0.39, 0.29) is 0 Å². The summed E-state index contributed by atoms with van der Waals surface area (Å²) >= 11 is 0. The minimum absolute atomic E-state index is 0.359. The largest absolute Gasteiger partial charge is 0.453 e. The number of hydrogen-bond acceptors (Lipinski definition) is 4. The van der Waals surface area contributed by atoms with Gasteiger partial charge in [0.15, 0.2) is 6.10 Å². The minimum Gasteiger partial charge on any atom is -0.453 e. The van der Waals surface area contributed by atoms with Gasteiger partial charge in [0.2, 0.25) is 0 Å². The van der Waals surface area contributed by atoms with Gasteiger partial charge in [-0.2, -0.15) is 0 Å². The van der Waals surface area contributed by atoms with Crippen LogP contribution in [0.25, 0.3) is 0 Å². The van der Waals surface area contributed by atoms with Gasteiger partial charge in [0.1, 0.15) is 12.2 Å². The molecule has 3 atom stereocenters. The lowest BCUT2D eigenvalue weighted by Gasteiger charge is -2.26. The SMILES string of the molecule is C/C=C/C=C\[C@H](O)[C@H](OC(=O)c1ccccc1)[C@H](O)c1ccccc1. The van der Waals surface area contributed by atoms with E-state index >= 15 is 0 Å². The number of ether oxygens (including phenoxy) is 1. The highest BCUT2D eigenvalue weighted by Gasteiger charge is 2.30. The number of carbonyl (C=O) groups is 1. The van der Waals surface area contributed by atoms with Crippen molar-refractivity contribution in [1.29, 1.82) is 0 Å². The average Bonchev–Trinajstić information content (AvgIpc) is 2.67. The van der Waals surface area contributed by atoms with E-state index in [0.717, 1.165) is 0 Å². The maximum atomic E-state index is 12.3. The Labute approximate surface area is 147 Å². The van der Waals surface area contributed by atoms with E-state index in [2.05, 4.69) is 0 Å². The number of hydrogen-bond donors (Lipinski definition) is 2. The average molecular weight is 338 g/mol. The van der Waals surface area contributed by atoms with Crippen molar-refractivity contribution in [3.63, 3.8) is 0 Å². The van der Waals surface area contributed by atoms with Gasteiger partial charge in [0.25, 0.3) is 0 Å². The lowest BCUT2D eigenvalue weighted by Crippen LogP contribution is -2.35. The fourth-order valence-corrected chi connectivity index (χ4v) is 2.33. The zero-order valence-corrected chi connectivity index (χ0v) is 14.0. The Kier molecular flexibility index (Phi) is 7.14. The van der Waals surface area contributed by atoms with Crippen molar-refractivity contribution in [2.75, 3.05) is 0 Å². The number of rotatable bonds is 7. The standard InChI is InChI=1S/C21H22O4/c1-2-3-6-15-18(22)20(19(23)16-11-7-4-8-12-16)25-21(24)17-13-9-5-10-14-17/h2-15,18-20,22-23H,1H3/b3-2+,15-6-/t18-,19+,20-/m0/s1. The Hall–Kier alpha value is -2.69. The van der Waals surface area contributed by atoms with Gasteiger partial charge in [-0.05, 0) is 24.6 Å². The Morgan fingerprint density at radius 3 is 2.16 bits per heavy atom. The molecule has 4 heteroatoms. The fourth-order valence-electron chi connectivity index (χ4n) is 2.33. The maximum absolute atomic E-state index is 12.3. The predicted octanol–water partition coefficient (Wildman–Crippen LogP) is 3.44. The van der Waals surface area contributed by atoms with Crippen molar-refractivity contribution < 1.29 is 19.7 Å². The van der Waals surface area contributed by atoms with Crippen molar-refractivity contribution in [1.82, 2.24) is 0 Å². The molecule has 0 heterocycles. The quantitative estimate of drug-likeness (QED) is 0.599. The molecule has 0 fully saturated rings. The van der Waals surface area contributed by atoms with Crippen molar-refractivity contribution in [2.45, 2.75) is 25.2 Å². The summed E-state index contributed by atoms with van der Waals surface area (Å²) < 4.78 is 5.43. The number of aliphatic hydroxyl groups excluding tert-OH is 2. The van der Waals surface area contributed by atoms with Crippen LogP contribution in [-0.2, 0) is 4.74 Å². The minimum atomic E-state index is -1.15. The van der Waals surface area contributed by atoms with E-state index in [9.17, 15) is 15.0 Å². The molecule has 0 aliphatic heterocycles. The molecule has 0 aliphatic rings. The smallest absolute Gasteiger partial charge is 0.338 e. The number of carbonyl (C=O) groups excluding carboxylic acids is 1. The highest BCUT2D eigenvalue weighted by atomic mass is 16.6. The highest BCUT2D eigenvalue weighted by Crippen LogP contribution is 2.23. The summed E-state index contributed by atoms with van der Waals surface area (Å²) in [7, 11) is 0. The summed E-state index contributed by atoms with van der Waals surface area (Å²) in [4.78, 5) is 12.3. The molecule has 2 N–H and O–H groups in total. The van der Waals surface area contributed by atoms with Gasteiger partial charge in [0, 0.05) is 0 Å². The van der Waals surface area contributed by atoms with Crippen LogP contribution in [0, 0.1) is 0 Å². The maximum Gasteiger partial charge on any atom is 0.338 e. The van der Waals surface area contributed by atoms with Crippen LogP contribution in [0.1, 0.15) is 28.9 Å². The van der Waals surface area contributed by atoms with Gasteiger partial charge in [-0.15, -0.1) is 0 Å². The van der Waals surface area contributed by atoms with Crippen molar-refractivity contribution in [3.8, 4) is 0 Å². The van der Waals surface area contributed by atoms with Crippen LogP contribution in [0.3, 0.4) is 0 Å². The van der Waals surface area contributed by atoms with Crippen molar-refractivity contribution >= 4 is 5.97 Å². The number of benzene rings is 2. The molecule has 0 bridgehead atoms. The van der Waals surface area contributed by atoms with Crippen LogP contribution >= 0.6 is 0 Å².